The summed E-state index contributed by atoms with van der Waals surface area (Å²) >= 11 is 0. The van der Waals surface area contributed by atoms with E-state index >= 15 is 0 Å². The van der Waals surface area contributed by atoms with Gasteiger partial charge in [0.2, 0.25) is 10.0 Å². The van der Waals surface area contributed by atoms with Crippen LogP contribution in [0.5, 0.6) is 5.75 Å². The number of rotatable bonds is 4. The van der Waals surface area contributed by atoms with E-state index in [9.17, 15) is 21.6 Å². The van der Waals surface area contributed by atoms with E-state index in [0.29, 0.717) is 19.5 Å². The molecule has 5 nitrogen and oxygen atoms in total. The van der Waals surface area contributed by atoms with Gasteiger partial charge in [0.05, 0.1) is 0 Å². The Morgan fingerprint density at radius 3 is 2.60 bits per heavy atom. The van der Waals surface area contributed by atoms with Gasteiger partial charge < -0.3 is 10.1 Å². The second-order valence-electron chi connectivity index (χ2n) is 4.31. The Kier molecular flexibility index (Phi) is 4.21. The summed E-state index contributed by atoms with van der Waals surface area (Å²) in [6.07, 6.45) is -4.36. The molecule has 1 aliphatic heterocycles. The van der Waals surface area contributed by atoms with Crippen LogP contribution >= 0.6 is 0 Å². The Labute approximate surface area is 114 Å². The summed E-state index contributed by atoms with van der Waals surface area (Å²) in [5.74, 6) is -0.738. The number of para-hydroxylation sites is 1. The summed E-state index contributed by atoms with van der Waals surface area (Å²) < 4.78 is 67.1. The largest absolute Gasteiger partial charge is 0.573 e. The lowest BCUT2D eigenvalue weighted by Crippen LogP contribution is -2.36. The van der Waals surface area contributed by atoms with Crippen molar-refractivity contribution in [1.82, 2.24) is 10.0 Å². The van der Waals surface area contributed by atoms with Gasteiger partial charge in [-0.2, -0.15) is 0 Å². The molecule has 0 aliphatic carbocycles. The topological polar surface area (TPSA) is 67.4 Å². The Morgan fingerprint density at radius 2 is 2.00 bits per heavy atom. The fourth-order valence-corrected chi connectivity index (χ4v) is 3.32. The van der Waals surface area contributed by atoms with Crippen LogP contribution in [0, 0.1) is 0 Å². The molecule has 2 rings (SSSR count). The van der Waals surface area contributed by atoms with Crippen LogP contribution in [-0.4, -0.2) is 33.9 Å². The van der Waals surface area contributed by atoms with Gasteiger partial charge in [0.15, 0.2) is 0 Å². The highest BCUT2D eigenvalue weighted by Crippen LogP contribution is 2.29. The summed E-state index contributed by atoms with van der Waals surface area (Å²) in [7, 11) is -4.06. The Bertz CT molecular complexity index is 569. The van der Waals surface area contributed by atoms with E-state index in [1.807, 2.05) is 0 Å². The number of ether oxygens (including phenoxy) is 1. The summed E-state index contributed by atoms with van der Waals surface area (Å²) in [5.41, 5.74) is 0. The second kappa shape index (κ2) is 5.58. The quantitative estimate of drug-likeness (QED) is 0.878. The monoisotopic (exact) mass is 310 g/mol. The molecule has 0 amide bonds. The molecule has 9 heteroatoms. The standard InChI is InChI=1S/C11H13F3N2O3S/c12-11(13,14)19-9-3-1-2-4-10(9)20(17,18)16-8-5-6-15-7-8/h1-4,8,15-16H,5-7H2/t8-/m0/s1. The predicted molar refractivity (Wildman–Crippen MR) is 64.7 cm³/mol. The fraction of sp³-hybridized carbons (Fsp3) is 0.455. The van der Waals surface area contributed by atoms with Gasteiger partial charge in [-0.1, -0.05) is 12.1 Å². The molecule has 0 saturated carbocycles. The predicted octanol–water partition coefficient (Wildman–Crippen LogP) is 1.23. The zero-order valence-corrected chi connectivity index (χ0v) is 11.1. The lowest BCUT2D eigenvalue weighted by atomic mass is 10.3. The van der Waals surface area contributed by atoms with Gasteiger partial charge in [-0.3, -0.25) is 0 Å². The number of alkyl halides is 3. The first kappa shape index (κ1) is 15.1. The minimum atomic E-state index is -4.94. The van der Waals surface area contributed by atoms with Crippen molar-refractivity contribution in [2.45, 2.75) is 23.7 Å². The molecule has 1 fully saturated rings. The fourth-order valence-electron chi connectivity index (χ4n) is 1.92. The van der Waals surface area contributed by atoms with Crippen molar-refractivity contribution in [3.63, 3.8) is 0 Å². The Morgan fingerprint density at radius 1 is 1.30 bits per heavy atom. The molecule has 0 bridgehead atoms. The molecule has 1 aromatic rings. The van der Waals surface area contributed by atoms with Crippen LogP contribution in [-0.2, 0) is 10.0 Å². The van der Waals surface area contributed by atoms with Crippen molar-refractivity contribution in [2.75, 3.05) is 13.1 Å². The number of benzene rings is 1. The molecule has 20 heavy (non-hydrogen) atoms. The molecule has 1 aromatic carbocycles. The van der Waals surface area contributed by atoms with Crippen molar-refractivity contribution in [3.05, 3.63) is 24.3 Å². The van der Waals surface area contributed by atoms with Crippen LogP contribution in [0.25, 0.3) is 0 Å². The van der Waals surface area contributed by atoms with E-state index in [0.717, 1.165) is 12.1 Å². The van der Waals surface area contributed by atoms with Crippen LogP contribution in [0.2, 0.25) is 0 Å². The summed E-state index contributed by atoms with van der Waals surface area (Å²) in [4.78, 5) is -0.524. The van der Waals surface area contributed by atoms with E-state index in [-0.39, 0.29) is 6.04 Å². The minimum absolute atomic E-state index is 0.334. The van der Waals surface area contributed by atoms with Gasteiger partial charge in [0.25, 0.3) is 0 Å². The van der Waals surface area contributed by atoms with Gasteiger partial charge in [-0.25, -0.2) is 13.1 Å². The molecule has 0 radical (unpaired) electrons. The summed E-state index contributed by atoms with van der Waals surface area (Å²) in [6, 6.07) is 4.32. The first-order valence-electron chi connectivity index (χ1n) is 5.86. The average Bonchev–Trinajstić information content (AvgIpc) is 2.79. The second-order valence-corrected chi connectivity index (χ2v) is 5.99. The van der Waals surface area contributed by atoms with Crippen molar-refractivity contribution in [3.8, 4) is 5.75 Å². The van der Waals surface area contributed by atoms with Crippen LogP contribution in [0.4, 0.5) is 13.2 Å². The molecule has 1 saturated heterocycles. The molecule has 0 spiro atoms. The molecule has 1 aliphatic rings. The maximum absolute atomic E-state index is 12.3. The highest BCUT2D eigenvalue weighted by molar-refractivity contribution is 7.89. The normalized spacial score (nSPS) is 20.1. The van der Waals surface area contributed by atoms with Crippen molar-refractivity contribution < 1.29 is 26.3 Å². The van der Waals surface area contributed by atoms with Crippen molar-refractivity contribution >= 4 is 10.0 Å². The highest BCUT2D eigenvalue weighted by atomic mass is 32.2. The summed E-state index contributed by atoms with van der Waals surface area (Å²) in [6.45, 7) is 1.11. The molecule has 1 heterocycles. The van der Waals surface area contributed by atoms with Crippen LogP contribution in [0.15, 0.2) is 29.2 Å². The first-order valence-corrected chi connectivity index (χ1v) is 7.34. The molecule has 2 N–H and O–H groups in total. The van der Waals surface area contributed by atoms with E-state index in [1.165, 1.54) is 12.1 Å². The van der Waals surface area contributed by atoms with E-state index < -0.39 is 27.0 Å². The first-order chi connectivity index (χ1) is 9.28. The van der Waals surface area contributed by atoms with E-state index in [4.69, 9.17) is 0 Å². The maximum atomic E-state index is 12.3. The van der Waals surface area contributed by atoms with Crippen molar-refractivity contribution in [1.29, 1.82) is 0 Å². The zero-order valence-electron chi connectivity index (χ0n) is 10.3. The van der Waals surface area contributed by atoms with Crippen LogP contribution < -0.4 is 14.8 Å². The number of hydrogen-bond donors (Lipinski definition) is 2. The number of hydrogen-bond acceptors (Lipinski definition) is 4. The Hall–Kier alpha value is -1.32. The van der Waals surface area contributed by atoms with Gasteiger partial charge in [-0.05, 0) is 25.1 Å². The average molecular weight is 310 g/mol. The molecular formula is C11H13F3N2O3S. The molecule has 0 unspecified atom stereocenters. The SMILES string of the molecule is O=S(=O)(N[C@H]1CCNC1)c1ccccc1OC(F)(F)F. The number of nitrogens with one attached hydrogen (secondary N) is 2. The smallest absolute Gasteiger partial charge is 0.404 e. The number of halogens is 3. The van der Waals surface area contributed by atoms with Crippen LogP contribution in [0.3, 0.4) is 0 Å². The van der Waals surface area contributed by atoms with Gasteiger partial charge in [-0.15, -0.1) is 13.2 Å². The molecule has 112 valence electrons. The van der Waals surface area contributed by atoms with E-state index in [1.54, 1.807) is 0 Å². The van der Waals surface area contributed by atoms with Crippen LogP contribution in [0.1, 0.15) is 6.42 Å². The highest BCUT2D eigenvalue weighted by Gasteiger charge is 2.34. The molecule has 0 aromatic heterocycles. The molecular weight excluding hydrogens is 297 g/mol. The molecule has 1 atom stereocenters. The maximum Gasteiger partial charge on any atom is 0.573 e. The minimum Gasteiger partial charge on any atom is -0.404 e. The van der Waals surface area contributed by atoms with Gasteiger partial charge in [0, 0.05) is 12.6 Å². The lowest BCUT2D eigenvalue weighted by molar-refractivity contribution is -0.275. The third-order valence-electron chi connectivity index (χ3n) is 2.75. The lowest BCUT2D eigenvalue weighted by Gasteiger charge is -2.16. The third-order valence-corrected chi connectivity index (χ3v) is 4.31. The zero-order chi connectivity index (χ0) is 14.8. The summed E-state index contributed by atoms with van der Waals surface area (Å²) in [5, 5.41) is 2.96. The third kappa shape index (κ3) is 3.84. The Balaban J connectivity index is 2.26. The van der Waals surface area contributed by atoms with Crippen molar-refractivity contribution in [2.24, 2.45) is 0 Å². The van der Waals surface area contributed by atoms with E-state index in [2.05, 4.69) is 14.8 Å². The van der Waals surface area contributed by atoms with Gasteiger partial charge in [0.1, 0.15) is 10.6 Å². The number of sulfonamides is 1. The van der Waals surface area contributed by atoms with Gasteiger partial charge >= 0.3 is 6.36 Å².